The van der Waals surface area contributed by atoms with E-state index in [4.69, 9.17) is 4.74 Å². The maximum atomic E-state index is 5.00. The molecule has 0 atom stereocenters. The van der Waals surface area contributed by atoms with Crippen LogP contribution in [-0.4, -0.2) is 42.2 Å². The lowest BCUT2D eigenvalue weighted by atomic mass is 10.5. The summed E-state index contributed by atoms with van der Waals surface area (Å²) in [5.74, 6) is 0.788. The fourth-order valence-corrected chi connectivity index (χ4v) is 2.34. The zero-order valence-electron chi connectivity index (χ0n) is 11.6. The Kier molecular flexibility index (Phi) is 7.85. The van der Waals surface area contributed by atoms with Crippen molar-refractivity contribution in [3.8, 4) is 0 Å². The first kappa shape index (κ1) is 17.2. The minimum absolute atomic E-state index is 0. The Bertz CT molecular complexity index is 510. The van der Waals surface area contributed by atoms with Crippen LogP contribution >= 0.6 is 35.3 Å². The van der Waals surface area contributed by atoms with Gasteiger partial charge in [-0.05, 0) is 6.92 Å². The molecule has 8 heteroatoms. The van der Waals surface area contributed by atoms with Crippen molar-refractivity contribution in [3.63, 3.8) is 0 Å². The lowest BCUT2D eigenvalue weighted by Gasteiger charge is -2.10. The molecule has 0 radical (unpaired) electrons. The zero-order valence-corrected chi connectivity index (χ0v) is 14.8. The number of imidazole rings is 1. The summed E-state index contributed by atoms with van der Waals surface area (Å²) in [5, 5.41) is 8.41. The molecule has 2 rings (SSSR count). The normalized spacial score (nSPS) is 11.4. The molecule has 0 bridgehead atoms. The van der Waals surface area contributed by atoms with E-state index >= 15 is 0 Å². The van der Waals surface area contributed by atoms with Crippen LogP contribution in [0.4, 0.5) is 0 Å². The number of aromatic nitrogens is 2. The molecule has 0 spiro atoms. The third kappa shape index (κ3) is 4.91. The van der Waals surface area contributed by atoms with Crippen molar-refractivity contribution < 1.29 is 4.74 Å². The standard InChI is InChI=1S/C12H19N5OS.HI/c1-3-13-11(14-4-6-18-2)15-8-10-9-17-5-7-19-12(17)16-10;/h5,7,9H,3-4,6,8H2,1-2H3,(H2,13,14,15);1H. The molecule has 0 aliphatic carbocycles. The molecule has 2 N–H and O–H groups in total. The van der Waals surface area contributed by atoms with E-state index in [9.17, 15) is 0 Å². The summed E-state index contributed by atoms with van der Waals surface area (Å²) < 4.78 is 7.02. The monoisotopic (exact) mass is 409 g/mol. The highest BCUT2D eigenvalue weighted by atomic mass is 127. The van der Waals surface area contributed by atoms with Crippen molar-refractivity contribution >= 4 is 46.2 Å². The van der Waals surface area contributed by atoms with Crippen LogP contribution in [0.5, 0.6) is 0 Å². The summed E-state index contributed by atoms with van der Waals surface area (Å²) >= 11 is 1.63. The van der Waals surface area contributed by atoms with Crippen LogP contribution in [0.1, 0.15) is 12.6 Å². The van der Waals surface area contributed by atoms with Crippen LogP contribution in [0.3, 0.4) is 0 Å². The highest BCUT2D eigenvalue weighted by Gasteiger charge is 2.02. The molecular formula is C12H20IN5OS. The number of hydrogen-bond acceptors (Lipinski definition) is 4. The molecule has 0 amide bonds. The van der Waals surface area contributed by atoms with Crippen molar-refractivity contribution in [1.82, 2.24) is 20.0 Å². The SMILES string of the molecule is CCNC(=NCc1cn2ccsc2n1)NCCOC.I. The Morgan fingerprint density at radius 1 is 1.50 bits per heavy atom. The molecule has 0 fully saturated rings. The molecule has 0 saturated heterocycles. The minimum Gasteiger partial charge on any atom is -0.383 e. The van der Waals surface area contributed by atoms with Gasteiger partial charge in [0.25, 0.3) is 0 Å². The van der Waals surface area contributed by atoms with Gasteiger partial charge in [-0.2, -0.15) is 0 Å². The summed E-state index contributed by atoms with van der Waals surface area (Å²) in [5.41, 5.74) is 0.968. The molecule has 20 heavy (non-hydrogen) atoms. The molecule has 0 aromatic carbocycles. The van der Waals surface area contributed by atoms with Crippen LogP contribution in [0.25, 0.3) is 4.96 Å². The first-order chi connectivity index (χ1) is 9.33. The van der Waals surface area contributed by atoms with Crippen LogP contribution in [0.2, 0.25) is 0 Å². The highest BCUT2D eigenvalue weighted by Crippen LogP contribution is 2.11. The van der Waals surface area contributed by atoms with Gasteiger partial charge in [0.15, 0.2) is 10.9 Å². The fraction of sp³-hybridized carbons (Fsp3) is 0.500. The van der Waals surface area contributed by atoms with Gasteiger partial charge in [0.05, 0.1) is 18.8 Å². The van der Waals surface area contributed by atoms with E-state index in [2.05, 4.69) is 20.6 Å². The molecule has 0 unspecified atom stereocenters. The third-order valence-electron chi connectivity index (χ3n) is 2.49. The number of rotatable bonds is 6. The van der Waals surface area contributed by atoms with E-state index < -0.39 is 0 Å². The largest absolute Gasteiger partial charge is 0.383 e. The number of nitrogens with zero attached hydrogens (tertiary/aromatic N) is 3. The Labute approximate surface area is 139 Å². The Morgan fingerprint density at radius 2 is 2.35 bits per heavy atom. The number of fused-ring (bicyclic) bond motifs is 1. The molecule has 0 saturated carbocycles. The topological polar surface area (TPSA) is 63.0 Å². The van der Waals surface area contributed by atoms with Crippen LogP contribution in [0.15, 0.2) is 22.8 Å². The second kappa shape index (κ2) is 9.14. The van der Waals surface area contributed by atoms with Gasteiger partial charge in [-0.1, -0.05) is 0 Å². The van der Waals surface area contributed by atoms with E-state index in [0.29, 0.717) is 13.2 Å². The molecule has 0 aliphatic heterocycles. The maximum Gasteiger partial charge on any atom is 0.193 e. The summed E-state index contributed by atoms with van der Waals surface area (Å²) in [6, 6.07) is 0. The first-order valence-corrected chi connectivity index (χ1v) is 7.13. The number of halogens is 1. The Balaban J connectivity index is 0.00000200. The molecule has 2 heterocycles. The van der Waals surface area contributed by atoms with Crippen LogP contribution < -0.4 is 10.6 Å². The Hall–Kier alpha value is -0.870. The number of guanidine groups is 1. The predicted molar refractivity (Wildman–Crippen MR) is 93.2 cm³/mol. The van der Waals surface area contributed by atoms with Gasteiger partial charge >= 0.3 is 0 Å². The number of hydrogen-bond donors (Lipinski definition) is 2. The predicted octanol–water partition coefficient (Wildman–Crippen LogP) is 1.72. The maximum absolute atomic E-state index is 5.00. The molecule has 0 aliphatic rings. The number of ether oxygens (including phenoxy) is 1. The second-order valence-electron chi connectivity index (χ2n) is 3.94. The lowest BCUT2D eigenvalue weighted by molar-refractivity contribution is 0.203. The molecular weight excluding hydrogens is 389 g/mol. The van der Waals surface area contributed by atoms with Crippen molar-refractivity contribution in [2.75, 3.05) is 26.8 Å². The van der Waals surface area contributed by atoms with Gasteiger partial charge in [0.2, 0.25) is 0 Å². The first-order valence-electron chi connectivity index (χ1n) is 6.25. The number of nitrogens with one attached hydrogen (secondary N) is 2. The van der Waals surface area contributed by atoms with Gasteiger partial charge in [-0.25, -0.2) is 9.98 Å². The summed E-state index contributed by atoms with van der Waals surface area (Å²) in [4.78, 5) is 10.00. The average molecular weight is 409 g/mol. The van der Waals surface area contributed by atoms with E-state index in [-0.39, 0.29) is 24.0 Å². The quantitative estimate of drug-likeness (QED) is 0.330. The number of thiazole rings is 1. The number of aliphatic imine (C=N–C) groups is 1. The molecule has 2 aromatic rings. The smallest absolute Gasteiger partial charge is 0.193 e. The fourth-order valence-electron chi connectivity index (χ4n) is 1.63. The van der Waals surface area contributed by atoms with Gasteiger partial charge in [-0.3, -0.25) is 4.40 Å². The van der Waals surface area contributed by atoms with Gasteiger partial charge in [0, 0.05) is 38.0 Å². The summed E-state index contributed by atoms with van der Waals surface area (Å²) in [6.07, 6.45) is 4.01. The van der Waals surface area contributed by atoms with Gasteiger partial charge < -0.3 is 15.4 Å². The van der Waals surface area contributed by atoms with Crippen LogP contribution in [0, 0.1) is 0 Å². The Morgan fingerprint density at radius 3 is 3.05 bits per heavy atom. The zero-order chi connectivity index (χ0) is 13.5. The third-order valence-corrected chi connectivity index (χ3v) is 3.26. The highest BCUT2D eigenvalue weighted by molar-refractivity contribution is 14.0. The average Bonchev–Trinajstić information content (AvgIpc) is 2.96. The van der Waals surface area contributed by atoms with Crippen molar-refractivity contribution in [3.05, 3.63) is 23.5 Å². The van der Waals surface area contributed by atoms with Crippen LogP contribution in [-0.2, 0) is 11.3 Å². The molecule has 112 valence electrons. The minimum atomic E-state index is 0. The van der Waals surface area contributed by atoms with Crippen molar-refractivity contribution in [2.45, 2.75) is 13.5 Å². The van der Waals surface area contributed by atoms with E-state index in [1.807, 2.05) is 29.1 Å². The van der Waals surface area contributed by atoms with Crippen molar-refractivity contribution in [1.29, 1.82) is 0 Å². The molecule has 2 aromatic heterocycles. The number of methoxy groups -OCH3 is 1. The summed E-state index contributed by atoms with van der Waals surface area (Å²) in [7, 11) is 1.68. The lowest BCUT2D eigenvalue weighted by Crippen LogP contribution is -2.38. The van der Waals surface area contributed by atoms with E-state index in [0.717, 1.165) is 29.7 Å². The van der Waals surface area contributed by atoms with Gasteiger partial charge in [-0.15, -0.1) is 35.3 Å². The second-order valence-corrected chi connectivity index (χ2v) is 4.81. The summed E-state index contributed by atoms with van der Waals surface area (Å²) in [6.45, 7) is 4.83. The van der Waals surface area contributed by atoms with Gasteiger partial charge in [0.1, 0.15) is 0 Å². The molecule has 6 nitrogen and oxygen atoms in total. The van der Waals surface area contributed by atoms with E-state index in [1.165, 1.54) is 0 Å². The van der Waals surface area contributed by atoms with E-state index in [1.54, 1.807) is 18.4 Å². The van der Waals surface area contributed by atoms with Crippen molar-refractivity contribution in [2.24, 2.45) is 4.99 Å².